The lowest BCUT2D eigenvalue weighted by Gasteiger charge is -2.35. The topological polar surface area (TPSA) is 58.4 Å². The fourth-order valence-corrected chi connectivity index (χ4v) is 2.46. The largest absolute Gasteiger partial charge is 0.418 e. The molecule has 116 valence electrons. The highest BCUT2D eigenvalue weighted by atomic mass is 19.4. The fraction of sp³-hybridized carbons (Fsp3) is 0.500. The second kappa shape index (κ2) is 5.93. The van der Waals surface area contributed by atoms with Crippen LogP contribution in [0.15, 0.2) is 24.3 Å². The molecule has 0 spiro atoms. The third kappa shape index (κ3) is 3.87. The Kier molecular flexibility index (Phi) is 4.41. The van der Waals surface area contributed by atoms with Gasteiger partial charge in [-0.1, -0.05) is 12.1 Å². The summed E-state index contributed by atoms with van der Waals surface area (Å²) < 4.78 is 38.5. The number of amides is 2. The summed E-state index contributed by atoms with van der Waals surface area (Å²) in [4.78, 5) is 13.4. The average molecular weight is 301 g/mol. The summed E-state index contributed by atoms with van der Waals surface area (Å²) in [5, 5.41) is 2.32. The number of carbonyl (C=O) groups excluding carboxylic acids is 1. The molecule has 1 aromatic carbocycles. The van der Waals surface area contributed by atoms with Crippen LogP contribution in [0.4, 0.5) is 23.7 Å². The van der Waals surface area contributed by atoms with Gasteiger partial charge in [0.05, 0.1) is 11.3 Å². The van der Waals surface area contributed by atoms with Crippen molar-refractivity contribution in [1.29, 1.82) is 0 Å². The molecule has 0 aliphatic heterocycles. The molecule has 2 rings (SSSR count). The van der Waals surface area contributed by atoms with Crippen LogP contribution in [0, 0.1) is 5.92 Å². The number of hydrogen-bond acceptors (Lipinski definition) is 2. The summed E-state index contributed by atoms with van der Waals surface area (Å²) in [6, 6.07) is 4.56. The summed E-state index contributed by atoms with van der Waals surface area (Å²) >= 11 is 0. The van der Waals surface area contributed by atoms with Gasteiger partial charge in [0.1, 0.15) is 0 Å². The molecule has 0 saturated heterocycles. The van der Waals surface area contributed by atoms with Gasteiger partial charge in [0, 0.05) is 19.6 Å². The van der Waals surface area contributed by atoms with Gasteiger partial charge in [-0.15, -0.1) is 0 Å². The molecule has 1 saturated carbocycles. The number of nitrogens with one attached hydrogen (secondary N) is 1. The lowest BCUT2D eigenvalue weighted by molar-refractivity contribution is -0.136. The monoisotopic (exact) mass is 301 g/mol. The van der Waals surface area contributed by atoms with Gasteiger partial charge < -0.3 is 16.0 Å². The lowest BCUT2D eigenvalue weighted by atomic mass is 9.81. The molecule has 1 aliphatic carbocycles. The molecule has 0 radical (unpaired) electrons. The van der Waals surface area contributed by atoms with E-state index in [0.717, 1.165) is 18.9 Å². The van der Waals surface area contributed by atoms with Crippen molar-refractivity contribution in [3.05, 3.63) is 29.8 Å². The van der Waals surface area contributed by atoms with Gasteiger partial charge in [0.15, 0.2) is 0 Å². The van der Waals surface area contributed by atoms with Crippen LogP contribution >= 0.6 is 0 Å². The zero-order valence-electron chi connectivity index (χ0n) is 11.7. The molecule has 0 heterocycles. The Balaban J connectivity index is 1.99. The minimum Gasteiger partial charge on any atom is -0.328 e. The number of alkyl halides is 3. The number of anilines is 1. The van der Waals surface area contributed by atoms with E-state index in [2.05, 4.69) is 5.32 Å². The third-order valence-corrected chi connectivity index (χ3v) is 3.62. The Labute approximate surface area is 121 Å². The minimum absolute atomic E-state index is 0.178. The second-order valence-electron chi connectivity index (χ2n) is 5.45. The number of para-hydroxylation sites is 1. The first-order valence-corrected chi connectivity index (χ1v) is 6.71. The molecule has 1 aromatic rings. The minimum atomic E-state index is -4.50. The van der Waals surface area contributed by atoms with Gasteiger partial charge in [-0.2, -0.15) is 13.2 Å². The number of halogens is 3. The first kappa shape index (κ1) is 15.6. The molecule has 4 nitrogen and oxygen atoms in total. The van der Waals surface area contributed by atoms with Crippen molar-refractivity contribution in [3.63, 3.8) is 0 Å². The van der Waals surface area contributed by atoms with Crippen molar-refractivity contribution in [1.82, 2.24) is 4.90 Å². The first-order chi connectivity index (χ1) is 9.77. The second-order valence-corrected chi connectivity index (χ2v) is 5.45. The van der Waals surface area contributed by atoms with Gasteiger partial charge >= 0.3 is 12.2 Å². The molecule has 21 heavy (non-hydrogen) atoms. The van der Waals surface area contributed by atoms with Gasteiger partial charge in [0.25, 0.3) is 0 Å². The maximum absolute atomic E-state index is 12.8. The van der Waals surface area contributed by atoms with Crippen molar-refractivity contribution in [2.24, 2.45) is 11.7 Å². The van der Waals surface area contributed by atoms with Crippen molar-refractivity contribution in [2.45, 2.75) is 25.1 Å². The summed E-state index contributed by atoms with van der Waals surface area (Å²) in [6.45, 7) is 0.494. The van der Waals surface area contributed by atoms with Gasteiger partial charge in [-0.25, -0.2) is 4.79 Å². The highest BCUT2D eigenvalue weighted by Crippen LogP contribution is 2.34. The number of hydrogen-bond donors (Lipinski definition) is 2. The molecule has 1 aliphatic rings. The van der Waals surface area contributed by atoms with Crippen molar-refractivity contribution in [3.8, 4) is 0 Å². The Hall–Kier alpha value is -1.76. The van der Waals surface area contributed by atoms with E-state index in [0.29, 0.717) is 12.5 Å². The highest BCUT2D eigenvalue weighted by Gasteiger charge is 2.34. The normalized spacial score (nSPS) is 21.6. The Morgan fingerprint density at radius 1 is 1.38 bits per heavy atom. The number of nitrogens with zero attached hydrogens (tertiary/aromatic N) is 1. The Bertz CT molecular complexity index is 512. The van der Waals surface area contributed by atoms with Crippen LogP contribution in [0.25, 0.3) is 0 Å². The van der Waals surface area contributed by atoms with E-state index >= 15 is 0 Å². The van der Waals surface area contributed by atoms with Crippen LogP contribution in [-0.2, 0) is 6.18 Å². The predicted octanol–water partition coefficient (Wildman–Crippen LogP) is 2.91. The molecule has 0 unspecified atom stereocenters. The van der Waals surface area contributed by atoms with Crippen molar-refractivity contribution < 1.29 is 18.0 Å². The number of benzene rings is 1. The number of urea groups is 1. The van der Waals surface area contributed by atoms with Gasteiger partial charge in [-0.3, -0.25) is 0 Å². The zero-order chi connectivity index (χ0) is 15.6. The van der Waals surface area contributed by atoms with E-state index in [-0.39, 0.29) is 11.7 Å². The molecule has 0 bridgehead atoms. The van der Waals surface area contributed by atoms with Crippen LogP contribution in [0.5, 0.6) is 0 Å². The lowest BCUT2D eigenvalue weighted by Crippen LogP contribution is -2.44. The number of rotatable bonds is 3. The smallest absolute Gasteiger partial charge is 0.328 e. The third-order valence-electron chi connectivity index (χ3n) is 3.62. The number of nitrogens with two attached hydrogens (primary N) is 1. The van der Waals surface area contributed by atoms with Crippen LogP contribution in [0.3, 0.4) is 0 Å². The summed E-state index contributed by atoms with van der Waals surface area (Å²) in [5.41, 5.74) is 4.59. The summed E-state index contributed by atoms with van der Waals surface area (Å²) in [5.74, 6) is 0.327. The van der Waals surface area contributed by atoms with E-state index in [9.17, 15) is 18.0 Å². The maximum Gasteiger partial charge on any atom is 0.418 e. The van der Waals surface area contributed by atoms with Crippen LogP contribution in [0.2, 0.25) is 0 Å². The standard InChI is InChI=1S/C14H18F3N3O/c1-20(8-9-6-10(18)7-9)13(21)19-12-5-3-2-4-11(12)14(15,16)17/h2-5,9-10H,6-8,18H2,1H3,(H,19,21). The number of carbonyl (C=O) groups is 1. The summed E-state index contributed by atoms with van der Waals surface area (Å²) in [6.07, 6.45) is -2.81. The fourth-order valence-electron chi connectivity index (χ4n) is 2.46. The molecular weight excluding hydrogens is 283 g/mol. The highest BCUT2D eigenvalue weighted by molar-refractivity contribution is 5.90. The molecule has 7 heteroatoms. The van der Waals surface area contributed by atoms with Crippen molar-refractivity contribution >= 4 is 11.7 Å². The van der Waals surface area contributed by atoms with Gasteiger partial charge in [0.2, 0.25) is 0 Å². The summed E-state index contributed by atoms with van der Waals surface area (Å²) in [7, 11) is 1.56. The Morgan fingerprint density at radius 3 is 2.57 bits per heavy atom. The molecule has 1 fully saturated rings. The van der Waals surface area contributed by atoms with Crippen LogP contribution in [-0.4, -0.2) is 30.6 Å². The van der Waals surface area contributed by atoms with Crippen LogP contribution in [0.1, 0.15) is 18.4 Å². The van der Waals surface area contributed by atoms with E-state index in [1.807, 2.05) is 0 Å². The van der Waals surface area contributed by atoms with E-state index in [1.54, 1.807) is 7.05 Å². The average Bonchev–Trinajstić information content (AvgIpc) is 2.36. The molecule has 2 amide bonds. The molecule has 0 aromatic heterocycles. The van der Waals surface area contributed by atoms with Crippen molar-refractivity contribution in [2.75, 3.05) is 18.9 Å². The molecule has 3 N–H and O–H groups in total. The molecular formula is C14H18F3N3O. The van der Waals surface area contributed by atoms with E-state index in [1.165, 1.54) is 23.1 Å². The Morgan fingerprint density at radius 2 is 2.00 bits per heavy atom. The SMILES string of the molecule is CN(CC1CC(N)C1)C(=O)Nc1ccccc1C(F)(F)F. The molecule has 0 atom stereocenters. The zero-order valence-corrected chi connectivity index (χ0v) is 11.7. The predicted molar refractivity (Wildman–Crippen MR) is 73.8 cm³/mol. The van der Waals surface area contributed by atoms with E-state index < -0.39 is 17.8 Å². The maximum atomic E-state index is 12.8. The quantitative estimate of drug-likeness (QED) is 0.902. The van der Waals surface area contributed by atoms with E-state index in [4.69, 9.17) is 5.73 Å². The van der Waals surface area contributed by atoms with Gasteiger partial charge in [-0.05, 0) is 30.9 Å². The first-order valence-electron chi connectivity index (χ1n) is 6.71. The van der Waals surface area contributed by atoms with Crippen LogP contribution < -0.4 is 11.1 Å².